The number of benzene rings is 1. The summed E-state index contributed by atoms with van der Waals surface area (Å²) in [4.78, 5) is 12.0. The van der Waals surface area contributed by atoms with Gasteiger partial charge in [0.05, 0.1) is 17.2 Å². The number of hydrogen-bond donors (Lipinski definition) is 0. The van der Waals surface area contributed by atoms with E-state index in [1.165, 1.54) is 12.1 Å². The average molecular weight is 380 g/mol. The van der Waals surface area contributed by atoms with Gasteiger partial charge in [0.1, 0.15) is 5.82 Å². The lowest BCUT2D eigenvalue weighted by atomic mass is 9.96. The normalized spacial score (nSPS) is 13.9. The lowest BCUT2D eigenvalue weighted by Crippen LogP contribution is -2.13. The van der Waals surface area contributed by atoms with E-state index in [-0.39, 0.29) is 11.3 Å². The Hall–Kier alpha value is -1.68. The summed E-state index contributed by atoms with van der Waals surface area (Å²) in [6, 6.07) is 6.18. The number of nitrogens with zero attached hydrogens (tertiary/aromatic N) is 2. The summed E-state index contributed by atoms with van der Waals surface area (Å²) in [6.45, 7) is 0. The molecule has 3 rings (SSSR count). The Balaban J connectivity index is 2.21. The first-order valence-electron chi connectivity index (χ1n) is 6.24. The third kappa shape index (κ3) is 2.14. The number of hydrogen-bond acceptors (Lipinski definition) is 2. The third-order valence-electron chi connectivity index (χ3n) is 3.45. The van der Waals surface area contributed by atoms with Gasteiger partial charge in [0.2, 0.25) is 0 Å². The Labute approximate surface area is 129 Å². The Morgan fingerprint density at radius 2 is 2.10 bits per heavy atom. The summed E-state index contributed by atoms with van der Waals surface area (Å²) in [5.74, 6) is -0.301. The number of rotatable bonds is 1. The number of fused-ring (bicyclic) bond motifs is 1. The molecule has 0 amide bonds. The molecule has 1 aromatic heterocycles. The highest BCUT2D eigenvalue weighted by Crippen LogP contribution is 2.30. The maximum Gasteiger partial charge on any atom is 0.165 e. The van der Waals surface area contributed by atoms with Gasteiger partial charge in [0.15, 0.2) is 5.78 Å². The summed E-state index contributed by atoms with van der Waals surface area (Å²) in [5, 5.41) is 8.94. The second kappa shape index (κ2) is 5.02. The van der Waals surface area contributed by atoms with Gasteiger partial charge in [-0.05, 0) is 53.6 Å². The molecule has 1 heterocycles. The molecular weight excluding hydrogens is 370 g/mol. The van der Waals surface area contributed by atoms with Crippen LogP contribution < -0.4 is 0 Å². The summed E-state index contributed by atoms with van der Waals surface area (Å²) < 4.78 is 16.3. The predicted octanol–water partition coefficient (Wildman–Crippen LogP) is 3.61. The van der Waals surface area contributed by atoms with Gasteiger partial charge in [-0.25, -0.2) is 4.39 Å². The van der Waals surface area contributed by atoms with Gasteiger partial charge < -0.3 is 4.57 Å². The molecule has 0 unspecified atom stereocenters. The number of carbonyl (C=O) groups excluding carboxylic acids is 1. The molecular formula is C15H10FIN2O. The van der Waals surface area contributed by atoms with Crippen LogP contribution in [-0.4, -0.2) is 10.4 Å². The minimum atomic E-state index is -0.446. The van der Waals surface area contributed by atoms with Gasteiger partial charge in [-0.3, -0.25) is 4.79 Å². The number of ketones is 1. The Bertz CT molecular complexity index is 758. The molecule has 0 saturated carbocycles. The lowest BCUT2D eigenvalue weighted by molar-refractivity contribution is 0.0971. The van der Waals surface area contributed by atoms with E-state index in [2.05, 4.69) is 22.6 Å². The van der Waals surface area contributed by atoms with E-state index in [0.29, 0.717) is 12.1 Å². The van der Waals surface area contributed by atoms with E-state index in [4.69, 9.17) is 5.26 Å². The minimum absolute atomic E-state index is 0.145. The molecule has 0 aliphatic heterocycles. The first-order chi connectivity index (χ1) is 9.60. The average Bonchev–Trinajstić information content (AvgIpc) is 2.77. The lowest BCUT2D eigenvalue weighted by Gasteiger charge is -2.15. The highest BCUT2D eigenvalue weighted by molar-refractivity contribution is 14.1. The Morgan fingerprint density at radius 1 is 1.30 bits per heavy atom. The van der Waals surface area contributed by atoms with Crippen LogP contribution in [0.2, 0.25) is 0 Å². The van der Waals surface area contributed by atoms with Crippen LogP contribution >= 0.6 is 22.6 Å². The van der Waals surface area contributed by atoms with Crippen LogP contribution in [0.15, 0.2) is 24.4 Å². The smallest absolute Gasteiger partial charge is 0.165 e. The van der Waals surface area contributed by atoms with Crippen LogP contribution in [0, 0.1) is 20.7 Å². The van der Waals surface area contributed by atoms with E-state index in [0.717, 1.165) is 27.7 Å². The standard InChI is InChI=1S/C15H10FIN2O/c16-10-4-9(7-18)5-11(6-10)19-8-12(17)15-13(19)2-1-3-14(15)20/h4-6,8H,1-3H2. The van der Waals surface area contributed by atoms with E-state index in [1.807, 2.05) is 16.8 Å². The first kappa shape index (κ1) is 13.3. The maximum atomic E-state index is 13.6. The highest BCUT2D eigenvalue weighted by atomic mass is 127. The summed E-state index contributed by atoms with van der Waals surface area (Å²) in [6.07, 6.45) is 4.01. The predicted molar refractivity (Wildman–Crippen MR) is 80.4 cm³/mol. The van der Waals surface area contributed by atoms with E-state index >= 15 is 0 Å². The number of nitriles is 1. The fraction of sp³-hybridized carbons (Fsp3) is 0.200. The Kier molecular flexibility index (Phi) is 3.34. The molecule has 5 heteroatoms. The van der Waals surface area contributed by atoms with Crippen molar-refractivity contribution in [1.29, 1.82) is 5.26 Å². The van der Waals surface area contributed by atoms with Gasteiger partial charge in [0, 0.05) is 27.6 Å². The molecule has 0 atom stereocenters. The Morgan fingerprint density at radius 3 is 2.85 bits per heavy atom. The molecule has 1 aliphatic carbocycles. The molecule has 0 fully saturated rings. The summed E-state index contributed by atoms with van der Waals surface area (Å²) in [5.41, 5.74) is 2.54. The van der Waals surface area contributed by atoms with Crippen LogP contribution in [0.5, 0.6) is 0 Å². The van der Waals surface area contributed by atoms with Crippen LogP contribution in [0.4, 0.5) is 4.39 Å². The second-order valence-electron chi connectivity index (χ2n) is 4.76. The number of carbonyl (C=O) groups is 1. The number of Topliss-reactive ketones (excluding diaryl/α,β-unsaturated/α-hetero) is 1. The topological polar surface area (TPSA) is 45.8 Å². The zero-order valence-corrected chi connectivity index (χ0v) is 12.6. The van der Waals surface area contributed by atoms with Crippen molar-refractivity contribution < 1.29 is 9.18 Å². The van der Waals surface area contributed by atoms with Crippen LogP contribution in [0.3, 0.4) is 0 Å². The second-order valence-corrected chi connectivity index (χ2v) is 5.92. The summed E-state index contributed by atoms with van der Waals surface area (Å²) >= 11 is 2.13. The van der Waals surface area contributed by atoms with Crippen molar-refractivity contribution in [3.63, 3.8) is 0 Å². The molecule has 0 N–H and O–H groups in total. The number of aromatic nitrogens is 1. The number of halogens is 2. The van der Waals surface area contributed by atoms with Crippen molar-refractivity contribution >= 4 is 28.4 Å². The van der Waals surface area contributed by atoms with Gasteiger partial charge in [0.25, 0.3) is 0 Å². The molecule has 3 nitrogen and oxygen atoms in total. The van der Waals surface area contributed by atoms with E-state index in [9.17, 15) is 9.18 Å². The molecule has 0 radical (unpaired) electrons. The fourth-order valence-electron chi connectivity index (χ4n) is 2.60. The monoisotopic (exact) mass is 380 g/mol. The zero-order valence-electron chi connectivity index (χ0n) is 10.5. The third-order valence-corrected chi connectivity index (χ3v) is 4.26. The quantitative estimate of drug-likeness (QED) is 0.710. The van der Waals surface area contributed by atoms with Crippen molar-refractivity contribution in [2.45, 2.75) is 19.3 Å². The highest BCUT2D eigenvalue weighted by Gasteiger charge is 2.25. The van der Waals surface area contributed by atoms with E-state index < -0.39 is 5.82 Å². The van der Waals surface area contributed by atoms with Crippen molar-refractivity contribution in [3.05, 3.63) is 50.6 Å². The molecule has 20 heavy (non-hydrogen) atoms. The molecule has 0 spiro atoms. The molecule has 100 valence electrons. The SMILES string of the molecule is N#Cc1cc(F)cc(-n2cc(I)c3c2CCCC3=O)c1. The first-order valence-corrected chi connectivity index (χ1v) is 7.32. The largest absolute Gasteiger partial charge is 0.319 e. The maximum absolute atomic E-state index is 13.6. The molecule has 0 saturated heterocycles. The molecule has 2 aromatic rings. The molecule has 1 aromatic carbocycles. The van der Waals surface area contributed by atoms with Crippen LogP contribution in [0.25, 0.3) is 5.69 Å². The van der Waals surface area contributed by atoms with Crippen LogP contribution in [-0.2, 0) is 6.42 Å². The minimum Gasteiger partial charge on any atom is -0.319 e. The summed E-state index contributed by atoms with van der Waals surface area (Å²) in [7, 11) is 0. The van der Waals surface area contributed by atoms with Gasteiger partial charge >= 0.3 is 0 Å². The van der Waals surface area contributed by atoms with Crippen LogP contribution in [0.1, 0.15) is 34.5 Å². The van der Waals surface area contributed by atoms with Crippen molar-refractivity contribution in [2.24, 2.45) is 0 Å². The van der Waals surface area contributed by atoms with Gasteiger partial charge in [-0.1, -0.05) is 0 Å². The van der Waals surface area contributed by atoms with Gasteiger partial charge in [-0.15, -0.1) is 0 Å². The van der Waals surface area contributed by atoms with Crippen molar-refractivity contribution in [1.82, 2.24) is 4.57 Å². The van der Waals surface area contributed by atoms with Gasteiger partial charge in [-0.2, -0.15) is 5.26 Å². The van der Waals surface area contributed by atoms with Crippen molar-refractivity contribution in [3.8, 4) is 11.8 Å². The molecule has 0 bridgehead atoms. The van der Waals surface area contributed by atoms with Crippen molar-refractivity contribution in [2.75, 3.05) is 0 Å². The van der Waals surface area contributed by atoms with E-state index in [1.54, 1.807) is 6.07 Å². The fourth-order valence-corrected chi connectivity index (χ4v) is 3.49. The molecule has 1 aliphatic rings. The zero-order chi connectivity index (χ0) is 14.3.